The van der Waals surface area contributed by atoms with Gasteiger partial charge in [0.2, 0.25) is 0 Å². The van der Waals surface area contributed by atoms with E-state index < -0.39 is 18.0 Å². The van der Waals surface area contributed by atoms with Gasteiger partial charge in [-0.3, -0.25) is 14.2 Å². The molecule has 0 amide bonds. The number of fused-ring (bicyclic) bond motifs is 1. The lowest BCUT2D eigenvalue weighted by Crippen LogP contribution is -2.40. The van der Waals surface area contributed by atoms with E-state index in [9.17, 15) is 14.4 Å². The Labute approximate surface area is 265 Å². The average Bonchev–Trinajstić information content (AvgIpc) is 3.32. The van der Waals surface area contributed by atoms with Crippen LogP contribution in [0.25, 0.3) is 11.8 Å². The summed E-state index contributed by atoms with van der Waals surface area (Å²) in [6.45, 7) is 5.36. The van der Waals surface area contributed by atoms with E-state index in [1.807, 2.05) is 49.4 Å². The average molecular weight is 678 g/mol. The largest absolute Gasteiger partial charge is 0.497 e. The summed E-state index contributed by atoms with van der Waals surface area (Å²) in [5.74, 6) is 0.195. The number of carbonyl (C=O) groups excluding carboxylic acids is 2. The molecule has 226 valence electrons. The van der Waals surface area contributed by atoms with Crippen LogP contribution in [0.3, 0.4) is 0 Å². The number of esters is 2. The van der Waals surface area contributed by atoms with Gasteiger partial charge in [0.05, 0.1) is 46.6 Å². The topological polar surface area (TPSA) is 105 Å². The summed E-state index contributed by atoms with van der Waals surface area (Å²) < 4.78 is 24.4. The summed E-state index contributed by atoms with van der Waals surface area (Å²) in [7, 11) is 1.57. The van der Waals surface area contributed by atoms with Gasteiger partial charge in [-0.2, -0.15) is 0 Å². The maximum atomic E-state index is 14.2. The van der Waals surface area contributed by atoms with Crippen LogP contribution in [0.4, 0.5) is 0 Å². The molecular weight excluding hydrogens is 648 g/mol. The maximum Gasteiger partial charge on any atom is 0.338 e. The lowest BCUT2D eigenvalue weighted by Gasteiger charge is -2.26. The standard InChI is InChI=1S/C33H29BrN2O7S/c1-5-41-25-17-20(16-24(34)30(25)43-19(3)37)18-26-31(38)36-29(22-12-14-23(40-4)15-13-22)27(32(39)42-6-2)28(35-33(36)44-26)21-10-8-7-9-11-21/h7-18,29H,5-6H2,1-4H3/b26-18-/t29-/m1/s1. The molecule has 9 nitrogen and oxygen atoms in total. The van der Waals surface area contributed by atoms with Gasteiger partial charge in [0.15, 0.2) is 16.3 Å². The number of rotatable bonds is 9. The van der Waals surface area contributed by atoms with Crippen LogP contribution in [0.15, 0.2) is 86.6 Å². The van der Waals surface area contributed by atoms with Gasteiger partial charge in [-0.1, -0.05) is 53.8 Å². The Morgan fingerprint density at radius 1 is 1.05 bits per heavy atom. The van der Waals surface area contributed by atoms with Crippen molar-refractivity contribution in [3.8, 4) is 17.2 Å². The van der Waals surface area contributed by atoms with Gasteiger partial charge in [0.1, 0.15) is 5.75 Å². The van der Waals surface area contributed by atoms with E-state index in [-0.39, 0.29) is 23.5 Å². The Kier molecular flexibility index (Phi) is 9.46. The number of nitrogens with zero attached hydrogens (tertiary/aromatic N) is 2. The first-order chi connectivity index (χ1) is 21.2. The molecule has 0 bridgehead atoms. The molecule has 0 N–H and O–H groups in total. The normalized spacial score (nSPS) is 14.5. The Hall–Kier alpha value is -4.48. The van der Waals surface area contributed by atoms with Crippen molar-refractivity contribution < 1.29 is 28.5 Å². The van der Waals surface area contributed by atoms with E-state index in [0.717, 1.165) is 5.56 Å². The van der Waals surface area contributed by atoms with Crippen LogP contribution in [-0.4, -0.2) is 36.8 Å². The molecule has 0 saturated heterocycles. The summed E-state index contributed by atoms with van der Waals surface area (Å²) in [6, 6.07) is 19.2. The van der Waals surface area contributed by atoms with Crippen molar-refractivity contribution in [1.82, 2.24) is 4.57 Å². The Balaban J connectivity index is 1.77. The summed E-state index contributed by atoms with van der Waals surface area (Å²) >= 11 is 4.67. The van der Waals surface area contributed by atoms with Crippen LogP contribution in [0.2, 0.25) is 0 Å². The number of hydrogen-bond donors (Lipinski definition) is 0. The molecule has 0 saturated carbocycles. The molecule has 44 heavy (non-hydrogen) atoms. The highest BCUT2D eigenvalue weighted by molar-refractivity contribution is 9.10. The van der Waals surface area contributed by atoms with E-state index in [2.05, 4.69) is 15.9 Å². The smallest absolute Gasteiger partial charge is 0.338 e. The Bertz CT molecular complexity index is 1930. The fourth-order valence-corrected chi connectivity index (χ4v) is 6.41. The van der Waals surface area contributed by atoms with E-state index in [1.165, 1.54) is 22.8 Å². The zero-order chi connectivity index (χ0) is 31.4. The molecule has 3 aromatic carbocycles. The summed E-state index contributed by atoms with van der Waals surface area (Å²) in [6.07, 6.45) is 1.72. The van der Waals surface area contributed by atoms with Crippen molar-refractivity contribution in [2.45, 2.75) is 26.8 Å². The SMILES string of the molecule is CCOC(=O)C1=C(c2ccccc2)N=c2s/c(=C\c3cc(Br)c(OC(C)=O)c(OCC)c3)c(=O)n2[C@@H]1c1ccc(OC)cc1. The third-order valence-corrected chi connectivity index (χ3v) is 8.25. The van der Waals surface area contributed by atoms with Gasteiger partial charge in [-0.05, 0) is 71.2 Å². The number of thiazole rings is 1. The number of aromatic nitrogens is 1. The number of hydrogen-bond acceptors (Lipinski definition) is 9. The van der Waals surface area contributed by atoms with Gasteiger partial charge in [-0.25, -0.2) is 9.79 Å². The van der Waals surface area contributed by atoms with Crippen LogP contribution in [-0.2, 0) is 14.3 Å². The molecular formula is C33H29BrN2O7S. The number of benzene rings is 3. The van der Waals surface area contributed by atoms with E-state index >= 15 is 0 Å². The van der Waals surface area contributed by atoms with E-state index in [0.29, 0.717) is 48.7 Å². The maximum absolute atomic E-state index is 14.2. The minimum atomic E-state index is -0.814. The summed E-state index contributed by atoms with van der Waals surface area (Å²) in [4.78, 5) is 44.8. The van der Waals surface area contributed by atoms with Gasteiger partial charge in [0.25, 0.3) is 5.56 Å². The van der Waals surface area contributed by atoms with Crippen molar-refractivity contribution in [3.05, 3.63) is 113 Å². The van der Waals surface area contributed by atoms with Crippen molar-refractivity contribution >= 4 is 51.0 Å². The molecule has 4 aromatic rings. The molecule has 0 fully saturated rings. The quantitative estimate of drug-likeness (QED) is 0.181. The number of halogens is 1. The Morgan fingerprint density at radius 2 is 1.77 bits per heavy atom. The van der Waals surface area contributed by atoms with E-state index in [1.54, 1.807) is 44.4 Å². The molecule has 0 spiro atoms. The predicted octanol–water partition coefficient (Wildman–Crippen LogP) is 5.03. The van der Waals surface area contributed by atoms with Gasteiger partial charge < -0.3 is 18.9 Å². The third-order valence-electron chi connectivity index (χ3n) is 6.68. The predicted molar refractivity (Wildman–Crippen MR) is 171 cm³/mol. The zero-order valence-electron chi connectivity index (χ0n) is 24.5. The third kappa shape index (κ3) is 6.24. The molecule has 1 aliphatic heterocycles. The lowest BCUT2D eigenvalue weighted by atomic mass is 9.93. The van der Waals surface area contributed by atoms with E-state index in [4.69, 9.17) is 23.9 Å². The van der Waals surface area contributed by atoms with Gasteiger partial charge >= 0.3 is 11.9 Å². The van der Waals surface area contributed by atoms with Gasteiger partial charge in [-0.15, -0.1) is 0 Å². The van der Waals surface area contributed by atoms with Crippen molar-refractivity contribution in [2.75, 3.05) is 20.3 Å². The Morgan fingerprint density at radius 3 is 2.41 bits per heavy atom. The lowest BCUT2D eigenvalue weighted by molar-refractivity contribution is -0.139. The van der Waals surface area contributed by atoms with Crippen molar-refractivity contribution in [2.24, 2.45) is 4.99 Å². The minimum absolute atomic E-state index is 0.157. The van der Waals surface area contributed by atoms with Crippen LogP contribution >= 0.6 is 27.3 Å². The molecule has 5 rings (SSSR count). The molecule has 1 aromatic heterocycles. The van der Waals surface area contributed by atoms with Crippen molar-refractivity contribution in [1.29, 1.82) is 0 Å². The van der Waals surface area contributed by atoms with Crippen LogP contribution in [0.5, 0.6) is 17.2 Å². The van der Waals surface area contributed by atoms with Crippen LogP contribution in [0, 0.1) is 0 Å². The second-order valence-corrected chi connectivity index (χ2v) is 11.4. The zero-order valence-corrected chi connectivity index (χ0v) is 26.9. The highest BCUT2D eigenvalue weighted by Gasteiger charge is 2.35. The first-order valence-corrected chi connectivity index (χ1v) is 15.4. The van der Waals surface area contributed by atoms with Crippen LogP contribution < -0.4 is 29.1 Å². The summed E-state index contributed by atoms with van der Waals surface area (Å²) in [5.41, 5.74) is 2.41. The number of methoxy groups -OCH3 is 1. The van der Waals surface area contributed by atoms with Crippen LogP contribution in [0.1, 0.15) is 43.5 Å². The minimum Gasteiger partial charge on any atom is -0.497 e. The first kappa shape index (κ1) is 31.0. The van der Waals surface area contributed by atoms with Gasteiger partial charge in [0, 0.05) is 12.5 Å². The number of carbonyl (C=O) groups is 2. The second-order valence-electron chi connectivity index (χ2n) is 9.56. The molecule has 11 heteroatoms. The molecule has 1 aliphatic rings. The monoisotopic (exact) mass is 676 g/mol. The molecule has 0 radical (unpaired) electrons. The molecule has 1 atom stereocenters. The molecule has 0 aliphatic carbocycles. The fraction of sp³-hybridized carbons (Fsp3) is 0.212. The summed E-state index contributed by atoms with van der Waals surface area (Å²) in [5, 5.41) is 0. The molecule has 0 unspecified atom stereocenters. The second kappa shape index (κ2) is 13.4. The highest BCUT2D eigenvalue weighted by Crippen LogP contribution is 2.38. The van der Waals surface area contributed by atoms with Crippen molar-refractivity contribution in [3.63, 3.8) is 0 Å². The fourth-order valence-electron chi connectivity index (χ4n) is 4.87. The highest BCUT2D eigenvalue weighted by atomic mass is 79.9. The first-order valence-electron chi connectivity index (χ1n) is 13.8. The molecule has 2 heterocycles. The number of ether oxygens (including phenoxy) is 4.